The van der Waals surface area contributed by atoms with Crippen LogP contribution >= 0.6 is 11.6 Å². The lowest BCUT2D eigenvalue weighted by molar-refractivity contribution is -0.157. The molecule has 1 aliphatic heterocycles. The topological polar surface area (TPSA) is 59.4 Å². The Morgan fingerprint density at radius 2 is 1.73 bits per heavy atom. The molecule has 2 heterocycles. The fourth-order valence-corrected chi connectivity index (χ4v) is 5.50. The summed E-state index contributed by atoms with van der Waals surface area (Å²) in [6.07, 6.45) is -5.74. The number of hydrogen-bond donors (Lipinski definition) is 0. The summed E-state index contributed by atoms with van der Waals surface area (Å²) >= 11 is 6.01. The zero-order valence-electron chi connectivity index (χ0n) is 15.9. The van der Waals surface area contributed by atoms with E-state index in [1.54, 1.807) is 19.1 Å². The molecule has 0 fully saturated rings. The molecule has 1 amide bonds. The van der Waals surface area contributed by atoms with Crippen molar-refractivity contribution in [1.29, 1.82) is 0 Å². The number of carbonyl (C=O) groups is 1. The molecule has 1 aliphatic rings. The summed E-state index contributed by atoms with van der Waals surface area (Å²) in [7, 11) is -3.00. The number of halogens is 4. The first kappa shape index (κ1) is 20.7. The zero-order chi connectivity index (χ0) is 22.0. The molecule has 0 radical (unpaired) electrons. The van der Waals surface area contributed by atoms with Gasteiger partial charge in [-0.05, 0) is 37.3 Å². The number of benzene rings is 2. The number of rotatable bonds is 2. The third kappa shape index (κ3) is 3.07. The number of amides is 1. The van der Waals surface area contributed by atoms with Crippen molar-refractivity contribution < 1.29 is 26.4 Å². The minimum absolute atomic E-state index is 0.166. The van der Waals surface area contributed by atoms with Crippen molar-refractivity contribution in [3.63, 3.8) is 0 Å². The zero-order valence-corrected chi connectivity index (χ0v) is 17.4. The molecule has 4 rings (SSSR count). The van der Waals surface area contributed by atoms with Gasteiger partial charge in [-0.15, -0.1) is 0 Å². The van der Waals surface area contributed by atoms with E-state index in [1.165, 1.54) is 41.9 Å². The Hall–Kier alpha value is -2.52. The van der Waals surface area contributed by atoms with Gasteiger partial charge < -0.3 is 4.57 Å². The molecular weight excluding hydrogens is 441 g/mol. The minimum atomic E-state index is -4.74. The SMILES string of the molecule is Cc1ccc(S(=O)(=O)N2C(=O)C[C@H](C(F)(F)F)c3c2n(C)c2ccc(Cl)cc32)cc1. The maximum absolute atomic E-state index is 13.9. The number of anilines is 1. The number of nitrogens with zero attached hydrogens (tertiary/aromatic N) is 2. The summed E-state index contributed by atoms with van der Waals surface area (Å²) in [6.45, 7) is 1.77. The first-order chi connectivity index (χ1) is 13.9. The highest BCUT2D eigenvalue weighted by molar-refractivity contribution is 7.93. The lowest BCUT2D eigenvalue weighted by Crippen LogP contribution is -2.44. The fraction of sp³-hybridized carbons (Fsp3) is 0.250. The number of aromatic nitrogens is 1. The molecule has 0 bridgehead atoms. The Morgan fingerprint density at radius 1 is 1.10 bits per heavy atom. The van der Waals surface area contributed by atoms with Crippen molar-refractivity contribution in [3.8, 4) is 0 Å². The summed E-state index contributed by atoms with van der Waals surface area (Å²) in [5, 5.41) is 0.376. The molecule has 3 aromatic rings. The Bertz CT molecular complexity index is 1280. The lowest BCUT2D eigenvalue weighted by atomic mass is 9.91. The van der Waals surface area contributed by atoms with Gasteiger partial charge >= 0.3 is 6.18 Å². The van der Waals surface area contributed by atoms with Crippen LogP contribution in [-0.4, -0.2) is 25.1 Å². The van der Waals surface area contributed by atoms with E-state index in [4.69, 9.17) is 11.6 Å². The molecule has 0 aliphatic carbocycles. The standard InChI is InChI=1S/C20H16ClF3N2O3S/c1-11-3-6-13(7-4-11)30(28,29)26-17(27)10-15(20(22,23)24)18-14-9-12(21)5-8-16(14)25(2)19(18)26/h3-9,15H,10H2,1-2H3/t15-/m0/s1. The maximum atomic E-state index is 13.9. The minimum Gasteiger partial charge on any atom is -0.329 e. The van der Waals surface area contributed by atoms with Gasteiger partial charge in [-0.3, -0.25) is 4.79 Å². The van der Waals surface area contributed by atoms with E-state index >= 15 is 0 Å². The molecule has 10 heteroatoms. The van der Waals surface area contributed by atoms with Crippen LogP contribution < -0.4 is 4.31 Å². The Labute approximate surface area is 175 Å². The fourth-order valence-electron chi connectivity index (χ4n) is 3.84. The van der Waals surface area contributed by atoms with E-state index in [2.05, 4.69) is 0 Å². The second-order valence-corrected chi connectivity index (χ2v) is 9.46. The van der Waals surface area contributed by atoms with Gasteiger partial charge in [0, 0.05) is 35.0 Å². The van der Waals surface area contributed by atoms with Gasteiger partial charge in [0.15, 0.2) is 0 Å². The van der Waals surface area contributed by atoms with Crippen LogP contribution in [0, 0.1) is 6.92 Å². The van der Waals surface area contributed by atoms with Gasteiger partial charge in [0.2, 0.25) is 5.91 Å². The van der Waals surface area contributed by atoms with Crippen molar-refractivity contribution in [1.82, 2.24) is 4.57 Å². The molecule has 5 nitrogen and oxygen atoms in total. The van der Waals surface area contributed by atoms with E-state index in [9.17, 15) is 26.4 Å². The lowest BCUT2D eigenvalue weighted by Gasteiger charge is -2.33. The monoisotopic (exact) mass is 456 g/mol. The van der Waals surface area contributed by atoms with E-state index in [-0.39, 0.29) is 26.7 Å². The Kier molecular flexibility index (Phi) is 4.66. The van der Waals surface area contributed by atoms with Gasteiger partial charge in [-0.2, -0.15) is 17.5 Å². The van der Waals surface area contributed by atoms with Gasteiger partial charge in [0.25, 0.3) is 10.0 Å². The van der Waals surface area contributed by atoms with E-state index in [1.807, 2.05) is 0 Å². The second kappa shape index (κ2) is 6.75. The molecule has 0 saturated carbocycles. The van der Waals surface area contributed by atoms with Gasteiger partial charge in [-0.1, -0.05) is 29.3 Å². The van der Waals surface area contributed by atoms with Crippen molar-refractivity contribution in [2.24, 2.45) is 7.05 Å². The van der Waals surface area contributed by atoms with Crippen molar-refractivity contribution in [2.75, 3.05) is 4.31 Å². The summed E-state index contributed by atoms with van der Waals surface area (Å²) < 4.78 is 70.0. The summed E-state index contributed by atoms with van der Waals surface area (Å²) in [4.78, 5) is 12.6. The third-order valence-corrected chi connectivity index (χ3v) is 7.23. The Balaban J connectivity index is 2.05. The van der Waals surface area contributed by atoms with Gasteiger partial charge in [0.1, 0.15) is 5.82 Å². The molecule has 2 aromatic carbocycles. The normalized spacial score (nSPS) is 17.5. The van der Waals surface area contributed by atoms with Gasteiger partial charge in [-0.25, -0.2) is 8.42 Å². The van der Waals surface area contributed by atoms with Crippen LogP contribution in [-0.2, 0) is 21.9 Å². The van der Waals surface area contributed by atoms with Crippen LogP contribution in [0.1, 0.15) is 23.5 Å². The molecular formula is C20H16ClF3N2O3S. The van der Waals surface area contributed by atoms with E-state index < -0.39 is 34.4 Å². The molecule has 30 heavy (non-hydrogen) atoms. The molecule has 158 valence electrons. The summed E-state index contributed by atoms with van der Waals surface area (Å²) in [6, 6.07) is 10.1. The molecule has 0 N–H and O–H groups in total. The molecule has 0 spiro atoms. The first-order valence-electron chi connectivity index (χ1n) is 8.92. The largest absolute Gasteiger partial charge is 0.396 e. The number of hydrogen-bond acceptors (Lipinski definition) is 3. The predicted octanol–water partition coefficient (Wildman–Crippen LogP) is 4.91. The third-order valence-electron chi connectivity index (χ3n) is 5.27. The van der Waals surface area contributed by atoms with Crippen LogP contribution in [0.4, 0.5) is 19.0 Å². The highest BCUT2D eigenvalue weighted by Gasteiger charge is 2.52. The average molecular weight is 457 g/mol. The number of fused-ring (bicyclic) bond motifs is 3. The number of alkyl halides is 3. The average Bonchev–Trinajstić information content (AvgIpc) is 2.92. The van der Waals surface area contributed by atoms with E-state index in [0.29, 0.717) is 9.82 Å². The Morgan fingerprint density at radius 3 is 2.33 bits per heavy atom. The van der Waals surface area contributed by atoms with E-state index in [0.717, 1.165) is 5.56 Å². The number of sulfonamides is 1. The van der Waals surface area contributed by atoms with Crippen molar-refractivity contribution >= 4 is 44.3 Å². The van der Waals surface area contributed by atoms with Crippen LogP contribution in [0.5, 0.6) is 0 Å². The number of carbonyl (C=O) groups excluding carboxylic acids is 1. The van der Waals surface area contributed by atoms with Crippen molar-refractivity contribution in [2.45, 2.75) is 30.3 Å². The van der Waals surface area contributed by atoms with Crippen LogP contribution in [0.3, 0.4) is 0 Å². The quantitative estimate of drug-likeness (QED) is 0.550. The molecule has 0 unspecified atom stereocenters. The van der Waals surface area contributed by atoms with Gasteiger partial charge in [0.05, 0.1) is 10.8 Å². The molecule has 0 saturated heterocycles. The van der Waals surface area contributed by atoms with Crippen LogP contribution in [0.2, 0.25) is 5.02 Å². The van der Waals surface area contributed by atoms with Crippen LogP contribution in [0.15, 0.2) is 47.4 Å². The molecule has 1 atom stereocenters. The van der Waals surface area contributed by atoms with Crippen molar-refractivity contribution in [3.05, 3.63) is 58.6 Å². The highest BCUT2D eigenvalue weighted by atomic mass is 35.5. The molecule has 1 aromatic heterocycles. The summed E-state index contributed by atoms with van der Waals surface area (Å²) in [5.41, 5.74) is 0.881. The summed E-state index contributed by atoms with van der Waals surface area (Å²) in [5.74, 6) is -3.58. The predicted molar refractivity (Wildman–Crippen MR) is 107 cm³/mol. The van der Waals surface area contributed by atoms with Crippen LogP contribution in [0.25, 0.3) is 10.9 Å². The number of aryl methyl sites for hydroxylation is 2. The maximum Gasteiger partial charge on any atom is 0.396 e. The second-order valence-electron chi connectivity index (χ2n) is 7.23. The smallest absolute Gasteiger partial charge is 0.329 e. The first-order valence-corrected chi connectivity index (χ1v) is 10.7. The highest BCUT2D eigenvalue weighted by Crippen LogP contribution is 2.50.